The van der Waals surface area contributed by atoms with E-state index in [9.17, 15) is 4.79 Å². The highest BCUT2D eigenvalue weighted by Crippen LogP contribution is 2.21. The minimum atomic E-state index is -0.247. The van der Waals surface area contributed by atoms with Crippen LogP contribution in [0.1, 0.15) is 34.6 Å². The van der Waals surface area contributed by atoms with Gasteiger partial charge in [0.1, 0.15) is 0 Å². The van der Waals surface area contributed by atoms with E-state index in [4.69, 9.17) is 0 Å². The quantitative estimate of drug-likeness (QED) is 0.659. The van der Waals surface area contributed by atoms with Gasteiger partial charge in [0.15, 0.2) is 0 Å². The number of rotatable bonds is 1. The highest BCUT2D eigenvalue weighted by Gasteiger charge is 2.33. The Labute approximate surface area is 93.4 Å². The van der Waals surface area contributed by atoms with Gasteiger partial charge in [-0.1, -0.05) is 27.7 Å². The summed E-state index contributed by atoms with van der Waals surface area (Å²) in [4.78, 5) is 16.6. The van der Waals surface area contributed by atoms with Gasteiger partial charge in [-0.05, 0) is 13.5 Å². The maximum Gasteiger partial charge on any atom is 0.228 e. The SMILES string of the molecule is CCN1CCN(C(=O)C(C)(C)C)C(C)C1. The number of likely N-dealkylation sites (N-methyl/N-ethyl adjacent to an activating group) is 1. The fourth-order valence-electron chi connectivity index (χ4n) is 2.05. The third kappa shape index (κ3) is 2.94. The summed E-state index contributed by atoms with van der Waals surface area (Å²) >= 11 is 0. The molecule has 1 unspecified atom stereocenters. The maximum atomic E-state index is 12.1. The number of carbonyl (C=O) groups is 1. The van der Waals surface area contributed by atoms with E-state index in [1.807, 2.05) is 25.7 Å². The molecule has 1 fully saturated rings. The molecule has 1 rings (SSSR count). The van der Waals surface area contributed by atoms with Crippen LogP contribution in [0.25, 0.3) is 0 Å². The van der Waals surface area contributed by atoms with Crippen molar-refractivity contribution in [3.63, 3.8) is 0 Å². The zero-order chi connectivity index (χ0) is 11.6. The minimum absolute atomic E-state index is 0.247. The average Bonchev–Trinajstić information content (AvgIpc) is 2.15. The van der Waals surface area contributed by atoms with E-state index in [-0.39, 0.29) is 11.3 Å². The van der Waals surface area contributed by atoms with Crippen LogP contribution in [0.15, 0.2) is 0 Å². The van der Waals surface area contributed by atoms with E-state index in [1.165, 1.54) is 0 Å². The third-order valence-electron chi connectivity index (χ3n) is 3.06. The van der Waals surface area contributed by atoms with Crippen LogP contribution in [0.5, 0.6) is 0 Å². The predicted molar refractivity (Wildman–Crippen MR) is 62.7 cm³/mol. The smallest absolute Gasteiger partial charge is 0.228 e. The summed E-state index contributed by atoms with van der Waals surface area (Å²) in [6, 6.07) is 0.352. The summed E-state index contributed by atoms with van der Waals surface area (Å²) in [6.07, 6.45) is 0. The van der Waals surface area contributed by atoms with Gasteiger partial charge in [-0.15, -0.1) is 0 Å². The van der Waals surface area contributed by atoms with Gasteiger partial charge in [-0.3, -0.25) is 9.69 Å². The molecule has 1 aliphatic heterocycles. The van der Waals surface area contributed by atoms with E-state index in [0.29, 0.717) is 6.04 Å². The molecule has 0 aromatic heterocycles. The molecule has 0 aliphatic carbocycles. The third-order valence-corrected chi connectivity index (χ3v) is 3.06. The molecule has 3 nitrogen and oxygen atoms in total. The summed E-state index contributed by atoms with van der Waals surface area (Å²) in [5, 5.41) is 0. The van der Waals surface area contributed by atoms with Crippen LogP contribution in [-0.4, -0.2) is 47.9 Å². The Kier molecular flexibility index (Phi) is 3.77. The Balaban J connectivity index is 2.62. The largest absolute Gasteiger partial charge is 0.337 e. The Morgan fingerprint density at radius 3 is 2.33 bits per heavy atom. The highest BCUT2D eigenvalue weighted by molar-refractivity contribution is 5.81. The summed E-state index contributed by atoms with van der Waals surface area (Å²) in [5.74, 6) is 0.283. The van der Waals surface area contributed by atoms with Crippen molar-refractivity contribution in [3.05, 3.63) is 0 Å². The topological polar surface area (TPSA) is 23.6 Å². The molecule has 1 saturated heterocycles. The molecule has 15 heavy (non-hydrogen) atoms. The molecule has 0 spiro atoms. The second-order valence-corrected chi connectivity index (χ2v) is 5.49. The molecule has 0 N–H and O–H groups in total. The summed E-state index contributed by atoms with van der Waals surface area (Å²) in [7, 11) is 0. The first kappa shape index (κ1) is 12.5. The molecule has 3 heteroatoms. The number of piperazine rings is 1. The Hall–Kier alpha value is -0.570. The summed E-state index contributed by atoms with van der Waals surface area (Å²) < 4.78 is 0. The first-order chi connectivity index (χ1) is 6.86. The van der Waals surface area contributed by atoms with E-state index in [1.54, 1.807) is 0 Å². The van der Waals surface area contributed by atoms with Crippen LogP contribution in [0.4, 0.5) is 0 Å². The lowest BCUT2D eigenvalue weighted by Crippen LogP contribution is -2.56. The van der Waals surface area contributed by atoms with Gasteiger partial charge in [-0.25, -0.2) is 0 Å². The van der Waals surface area contributed by atoms with E-state index < -0.39 is 0 Å². The van der Waals surface area contributed by atoms with Crippen molar-refractivity contribution < 1.29 is 4.79 Å². The van der Waals surface area contributed by atoms with Crippen LogP contribution < -0.4 is 0 Å². The molecule has 0 aromatic rings. The predicted octanol–water partition coefficient (Wildman–Crippen LogP) is 1.59. The average molecular weight is 212 g/mol. The van der Waals surface area contributed by atoms with E-state index in [0.717, 1.165) is 26.2 Å². The van der Waals surface area contributed by atoms with Crippen molar-refractivity contribution in [2.24, 2.45) is 5.41 Å². The number of carbonyl (C=O) groups excluding carboxylic acids is 1. The second kappa shape index (κ2) is 4.52. The van der Waals surface area contributed by atoms with Crippen LogP contribution >= 0.6 is 0 Å². The normalized spacial score (nSPS) is 24.3. The van der Waals surface area contributed by atoms with Crippen molar-refractivity contribution in [3.8, 4) is 0 Å². The van der Waals surface area contributed by atoms with Gasteiger partial charge < -0.3 is 4.90 Å². The van der Waals surface area contributed by atoms with Crippen LogP contribution in [0.3, 0.4) is 0 Å². The molecule has 0 aromatic carbocycles. The van der Waals surface area contributed by atoms with Gasteiger partial charge in [0, 0.05) is 31.1 Å². The zero-order valence-electron chi connectivity index (χ0n) is 10.7. The molecule has 1 atom stereocenters. The lowest BCUT2D eigenvalue weighted by Gasteiger charge is -2.42. The van der Waals surface area contributed by atoms with Crippen molar-refractivity contribution in [2.75, 3.05) is 26.2 Å². The summed E-state index contributed by atoms with van der Waals surface area (Å²) in [6.45, 7) is 14.3. The van der Waals surface area contributed by atoms with Crippen molar-refractivity contribution >= 4 is 5.91 Å². The molecule has 0 bridgehead atoms. The molecule has 88 valence electrons. The van der Waals surface area contributed by atoms with Gasteiger partial charge >= 0.3 is 0 Å². The van der Waals surface area contributed by atoms with Gasteiger partial charge in [0.25, 0.3) is 0 Å². The number of nitrogens with zero attached hydrogens (tertiary/aromatic N) is 2. The molecule has 0 saturated carbocycles. The number of amides is 1. The first-order valence-electron chi connectivity index (χ1n) is 5.89. The van der Waals surface area contributed by atoms with Crippen molar-refractivity contribution in [1.29, 1.82) is 0 Å². The fraction of sp³-hybridized carbons (Fsp3) is 0.917. The second-order valence-electron chi connectivity index (χ2n) is 5.49. The molecule has 1 amide bonds. The highest BCUT2D eigenvalue weighted by atomic mass is 16.2. The molecular weight excluding hydrogens is 188 g/mol. The van der Waals surface area contributed by atoms with E-state index in [2.05, 4.69) is 18.7 Å². The van der Waals surface area contributed by atoms with Gasteiger partial charge in [0.2, 0.25) is 5.91 Å². The molecule has 1 heterocycles. The fourth-order valence-corrected chi connectivity index (χ4v) is 2.05. The maximum absolute atomic E-state index is 12.1. The summed E-state index contributed by atoms with van der Waals surface area (Å²) in [5.41, 5.74) is -0.247. The Morgan fingerprint density at radius 1 is 1.33 bits per heavy atom. The van der Waals surface area contributed by atoms with Crippen LogP contribution in [0, 0.1) is 5.41 Å². The van der Waals surface area contributed by atoms with E-state index >= 15 is 0 Å². The first-order valence-corrected chi connectivity index (χ1v) is 5.89. The molecular formula is C12H24N2O. The van der Waals surface area contributed by atoms with Crippen LogP contribution in [0.2, 0.25) is 0 Å². The lowest BCUT2D eigenvalue weighted by atomic mass is 9.93. The van der Waals surface area contributed by atoms with Gasteiger partial charge in [0.05, 0.1) is 0 Å². The lowest BCUT2D eigenvalue weighted by molar-refractivity contribution is -0.144. The molecule has 1 aliphatic rings. The standard InChI is InChI=1S/C12H24N2O/c1-6-13-7-8-14(10(2)9-13)11(15)12(3,4)5/h10H,6-9H2,1-5H3. The zero-order valence-corrected chi connectivity index (χ0v) is 10.7. The van der Waals surface area contributed by atoms with Gasteiger partial charge in [-0.2, -0.15) is 0 Å². The Bertz CT molecular complexity index is 232. The molecule has 0 radical (unpaired) electrons. The van der Waals surface area contributed by atoms with Crippen LogP contribution in [-0.2, 0) is 4.79 Å². The Morgan fingerprint density at radius 2 is 1.93 bits per heavy atom. The van der Waals surface area contributed by atoms with Crippen molar-refractivity contribution in [2.45, 2.75) is 40.7 Å². The number of hydrogen-bond acceptors (Lipinski definition) is 2. The monoisotopic (exact) mass is 212 g/mol. The number of hydrogen-bond donors (Lipinski definition) is 0. The minimum Gasteiger partial charge on any atom is -0.337 e. The van der Waals surface area contributed by atoms with Crippen molar-refractivity contribution in [1.82, 2.24) is 9.80 Å².